The van der Waals surface area contributed by atoms with Crippen LogP contribution in [0.25, 0.3) is 5.95 Å². The Labute approximate surface area is 105 Å². The normalized spacial score (nSPS) is 10.5. The van der Waals surface area contributed by atoms with Gasteiger partial charge in [0.05, 0.1) is 6.20 Å². The molecule has 0 bridgehead atoms. The van der Waals surface area contributed by atoms with Gasteiger partial charge in [-0.3, -0.25) is 0 Å². The third-order valence-corrected chi connectivity index (χ3v) is 2.86. The maximum atomic E-state index is 10.9. The summed E-state index contributed by atoms with van der Waals surface area (Å²) in [5, 5.41) is 12.9. The van der Waals surface area contributed by atoms with E-state index in [0.717, 1.165) is 11.4 Å². The average Bonchev–Trinajstić information content (AvgIpc) is 2.58. The number of aromatic nitrogens is 4. The largest absolute Gasteiger partial charge is 0.478 e. The lowest BCUT2D eigenvalue weighted by Crippen LogP contribution is -2.06. The van der Waals surface area contributed by atoms with Crippen molar-refractivity contribution in [2.45, 2.75) is 13.8 Å². The molecule has 0 radical (unpaired) electrons. The van der Waals surface area contributed by atoms with E-state index in [1.807, 2.05) is 19.9 Å². The fourth-order valence-electron chi connectivity index (χ4n) is 1.42. The molecule has 0 amide bonds. The van der Waals surface area contributed by atoms with Gasteiger partial charge in [-0.05, 0) is 35.8 Å². The topological polar surface area (TPSA) is 80.9 Å². The summed E-state index contributed by atoms with van der Waals surface area (Å²) in [6.45, 7) is 3.68. The van der Waals surface area contributed by atoms with Crippen LogP contribution in [0, 0.1) is 13.8 Å². The molecule has 2 aromatic rings. The van der Waals surface area contributed by atoms with Crippen molar-refractivity contribution in [1.82, 2.24) is 19.7 Å². The number of nitrogens with zero attached hydrogens (tertiary/aromatic N) is 4. The van der Waals surface area contributed by atoms with Crippen LogP contribution >= 0.6 is 15.9 Å². The van der Waals surface area contributed by atoms with Crippen molar-refractivity contribution in [3.63, 3.8) is 0 Å². The first kappa shape index (κ1) is 11.7. The number of aryl methyl sites for hydroxylation is 2. The first-order chi connectivity index (χ1) is 7.99. The van der Waals surface area contributed by atoms with Crippen LogP contribution in [0.15, 0.2) is 16.9 Å². The van der Waals surface area contributed by atoms with Crippen molar-refractivity contribution in [3.05, 3.63) is 33.8 Å². The molecule has 0 aromatic carbocycles. The van der Waals surface area contributed by atoms with E-state index in [1.54, 1.807) is 0 Å². The molecule has 0 aliphatic rings. The van der Waals surface area contributed by atoms with Crippen molar-refractivity contribution in [1.29, 1.82) is 0 Å². The smallest absolute Gasteiger partial charge is 0.340 e. The summed E-state index contributed by atoms with van der Waals surface area (Å²) in [5.74, 6) is -0.700. The van der Waals surface area contributed by atoms with Crippen LogP contribution in [0.2, 0.25) is 0 Å². The molecule has 0 spiro atoms. The second-order valence-corrected chi connectivity index (χ2v) is 4.27. The van der Waals surface area contributed by atoms with Gasteiger partial charge in [0.2, 0.25) is 0 Å². The SMILES string of the molecule is Cc1cc(C)nc(-n2ncc(C(=O)O)c2Br)n1. The highest BCUT2D eigenvalue weighted by Gasteiger charge is 2.16. The lowest BCUT2D eigenvalue weighted by molar-refractivity contribution is 0.0696. The molecule has 17 heavy (non-hydrogen) atoms. The van der Waals surface area contributed by atoms with Gasteiger partial charge in [0, 0.05) is 11.4 Å². The third-order valence-electron chi connectivity index (χ3n) is 2.10. The van der Waals surface area contributed by atoms with Gasteiger partial charge in [-0.15, -0.1) is 0 Å². The second-order valence-electron chi connectivity index (χ2n) is 3.52. The molecule has 7 heteroatoms. The summed E-state index contributed by atoms with van der Waals surface area (Å²) in [6, 6.07) is 1.83. The minimum Gasteiger partial charge on any atom is -0.478 e. The van der Waals surface area contributed by atoms with Crippen LogP contribution < -0.4 is 0 Å². The Morgan fingerprint density at radius 1 is 1.35 bits per heavy atom. The molecule has 0 fully saturated rings. The van der Waals surface area contributed by atoms with E-state index in [0.29, 0.717) is 10.6 Å². The molecule has 1 N–H and O–H groups in total. The number of aromatic carboxylic acids is 1. The van der Waals surface area contributed by atoms with Crippen molar-refractivity contribution in [2.24, 2.45) is 0 Å². The number of carbonyl (C=O) groups is 1. The molecule has 0 saturated carbocycles. The van der Waals surface area contributed by atoms with Gasteiger partial charge in [-0.1, -0.05) is 0 Å². The monoisotopic (exact) mass is 296 g/mol. The predicted molar refractivity (Wildman–Crippen MR) is 63.3 cm³/mol. The maximum absolute atomic E-state index is 10.9. The van der Waals surface area contributed by atoms with Crippen molar-refractivity contribution in [3.8, 4) is 5.95 Å². The van der Waals surface area contributed by atoms with E-state index in [1.165, 1.54) is 10.9 Å². The van der Waals surface area contributed by atoms with Crippen LogP contribution in [0.4, 0.5) is 0 Å². The Balaban J connectivity index is 2.57. The van der Waals surface area contributed by atoms with Gasteiger partial charge >= 0.3 is 5.97 Å². The summed E-state index contributed by atoms with van der Waals surface area (Å²) >= 11 is 3.18. The zero-order valence-electron chi connectivity index (χ0n) is 9.18. The number of hydrogen-bond acceptors (Lipinski definition) is 4. The van der Waals surface area contributed by atoms with Gasteiger partial charge in [0.15, 0.2) is 0 Å². The standard InChI is InChI=1S/C10H9BrN4O2/c1-5-3-6(2)14-10(13-5)15-8(11)7(4-12-15)9(16)17/h3-4H,1-2H3,(H,16,17). The van der Waals surface area contributed by atoms with Gasteiger partial charge in [-0.2, -0.15) is 9.78 Å². The highest BCUT2D eigenvalue weighted by molar-refractivity contribution is 9.10. The van der Waals surface area contributed by atoms with Crippen LogP contribution in [0.3, 0.4) is 0 Å². The Bertz CT molecular complexity index is 574. The molecule has 2 heterocycles. The minimum absolute atomic E-state index is 0.0766. The predicted octanol–water partition coefficient (Wildman–Crippen LogP) is 1.74. The van der Waals surface area contributed by atoms with Crippen molar-refractivity contribution >= 4 is 21.9 Å². The Morgan fingerprint density at radius 2 is 1.94 bits per heavy atom. The molecule has 0 aliphatic heterocycles. The first-order valence-electron chi connectivity index (χ1n) is 4.78. The lowest BCUT2D eigenvalue weighted by atomic mass is 10.3. The fourth-order valence-corrected chi connectivity index (χ4v) is 1.94. The molecule has 88 valence electrons. The summed E-state index contributed by atoms with van der Waals surface area (Å²) in [4.78, 5) is 19.3. The highest BCUT2D eigenvalue weighted by Crippen LogP contribution is 2.19. The van der Waals surface area contributed by atoms with E-state index in [2.05, 4.69) is 31.0 Å². The van der Waals surface area contributed by atoms with Crippen molar-refractivity contribution < 1.29 is 9.90 Å². The quantitative estimate of drug-likeness (QED) is 0.913. The minimum atomic E-state index is -1.05. The average molecular weight is 297 g/mol. The first-order valence-corrected chi connectivity index (χ1v) is 5.58. The fraction of sp³-hybridized carbons (Fsp3) is 0.200. The zero-order valence-corrected chi connectivity index (χ0v) is 10.8. The van der Waals surface area contributed by atoms with Crippen LogP contribution in [0.5, 0.6) is 0 Å². The Morgan fingerprint density at radius 3 is 2.41 bits per heavy atom. The zero-order chi connectivity index (χ0) is 12.6. The highest BCUT2D eigenvalue weighted by atomic mass is 79.9. The third kappa shape index (κ3) is 2.19. The van der Waals surface area contributed by atoms with Crippen LogP contribution in [-0.2, 0) is 0 Å². The van der Waals surface area contributed by atoms with Crippen molar-refractivity contribution in [2.75, 3.05) is 0 Å². The van der Waals surface area contributed by atoms with E-state index < -0.39 is 5.97 Å². The summed E-state index contributed by atoms with van der Waals surface area (Å²) in [5.41, 5.74) is 1.67. The molecule has 0 atom stereocenters. The number of halogens is 1. The van der Waals surface area contributed by atoms with E-state index in [4.69, 9.17) is 5.11 Å². The molecular weight excluding hydrogens is 288 g/mol. The van der Waals surface area contributed by atoms with Gasteiger partial charge in [0.25, 0.3) is 5.95 Å². The maximum Gasteiger partial charge on any atom is 0.340 e. The van der Waals surface area contributed by atoms with Gasteiger partial charge in [-0.25, -0.2) is 14.8 Å². The molecule has 0 saturated heterocycles. The molecule has 2 rings (SSSR count). The number of rotatable bonds is 2. The van der Waals surface area contributed by atoms with E-state index in [-0.39, 0.29) is 5.56 Å². The van der Waals surface area contributed by atoms with Crippen LogP contribution in [0.1, 0.15) is 21.7 Å². The molecule has 6 nitrogen and oxygen atoms in total. The van der Waals surface area contributed by atoms with E-state index in [9.17, 15) is 4.79 Å². The number of carboxylic acid groups (broad SMARTS) is 1. The van der Waals surface area contributed by atoms with E-state index >= 15 is 0 Å². The summed E-state index contributed by atoms with van der Waals surface area (Å²) in [6.07, 6.45) is 1.26. The molecular formula is C10H9BrN4O2. The molecule has 0 aliphatic carbocycles. The van der Waals surface area contributed by atoms with Gasteiger partial charge < -0.3 is 5.11 Å². The summed E-state index contributed by atoms with van der Waals surface area (Å²) < 4.78 is 1.68. The Hall–Kier alpha value is -1.76. The number of carboxylic acids is 1. The number of hydrogen-bond donors (Lipinski definition) is 1. The molecule has 2 aromatic heterocycles. The Kier molecular flexibility index (Phi) is 2.93. The molecule has 0 unspecified atom stereocenters. The van der Waals surface area contributed by atoms with Crippen LogP contribution in [-0.4, -0.2) is 30.8 Å². The van der Waals surface area contributed by atoms with Gasteiger partial charge in [0.1, 0.15) is 10.2 Å². The summed E-state index contributed by atoms with van der Waals surface area (Å²) in [7, 11) is 0. The second kappa shape index (κ2) is 4.25. The lowest BCUT2D eigenvalue weighted by Gasteiger charge is -2.03.